The fourth-order valence-electron chi connectivity index (χ4n) is 1.43. The minimum Gasteiger partial charge on any atom is -0.380 e. The van der Waals surface area contributed by atoms with Crippen LogP contribution in [0.4, 0.5) is 4.39 Å². The molecule has 1 amide bonds. The highest BCUT2D eigenvalue weighted by atomic mass is 19.1. The van der Waals surface area contributed by atoms with E-state index in [4.69, 9.17) is 4.74 Å². The summed E-state index contributed by atoms with van der Waals surface area (Å²) in [5, 5.41) is 2.79. The number of rotatable bonds is 5. The summed E-state index contributed by atoms with van der Waals surface area (Å²) in [5.41, 5.74) is 0.933. The minimum absolute atomic E-state index is 0.0622. The second kappa shape index (κ2) is 6.35. The number of aryl methyl sites for hydroxylation is 1. The molecular formula is C13H18FNO2. The van der Waals surface area contributed by atoms with Crippen LogP contribution in [0, 0.1) is 12.7 Å². The van der Waals surface area contributed by atoms with Crippen molar-refractivity contribution in [3.05, 3.63) is 35.1 Å². The normalized spacial score (nSPS) is 12.2. The lowest BCUT2D eigenvalue weighted by atomic mass is 10.1. The first kappa shape index (κ1) is 13.6. The van der Waals surface area contributed by atoms with Crippen LogP contribution in [-0.2, 0) is 4.74 Å². The number of nitrogens with one attached hydrogen (secondary N) is 1. The highest BCUT2D eigenvalue weighted by Crippen LogP contribution is 2.09. The molecule has 0 aliphatic carbocycles. The Morgan fingerprint density at radius 2 is 2.24 bits per heavy atom. The molecule has 0 radical (unpaired) electrons. The van der Waals surface area contributed by atoms with E-state index in [1.807, 2.05) is 13.8 Å². The third kappa shape index (κ3) is 4.15. The van der Waals surface area contributed by atoms with Gasteiger partial charge in [0.15, 0.2) is 0 Å². The van der Waals surface area contributed by atoms with Gasteiger partial charge in [0.05, 0.1) is 6.61 Å². The van der Waals surface area contributed by atoms with E-state index in [1.54, 1.807) is 6.92 Å². The number of hydrogen-bond donors (Lipinski definition) is 1. The molecule has 0 saturated heterocycles. The number of hydrogen-bond acceptors (Lipinski definition) is 2. The van der Waals surface area contributed by atoms with E-state index in [0.29, 0.717) is 24.3 Å². The lowest BCUT2D eigenvalue weighted by molar-refractivity contribution is 0.0872. The molecule has 1 aromatic carbocycles. The van der Waals surface area contributed by atoms with Crippen molar-refractivity contribution in [1.29, 1.82) is 0 Å². The van der Waals surface area contributed by atoms with Crippen LogP contribution in [0.25, 0.3) is 0 Å². The Labute approximate surface area is 101 Å². The number of amides is 1. The van der Waals surface area contributed by atoms with Crippen molar-refractivity contribution in [2.45, 2.75) is 26.8 Å². The summed E-state index contributed by atoms with van der Waals surface area (Å²) >= 11 is 0. The molecule has 1 rings (SSSR count). The zero-order valence-electron chi connectivity index (χ0n) is 10.4. The molecular weight excluding hydrogens is 221 g/mol. The Bertz CT molecular complexity index is 393. The number of ether oxygens (including phenoxy) is 1. The zero-order chi connectivity index (χ0) is 12.8. The molecule has 0 saturated carbocycles. The molecule has 0 aliphatic heterocycles. The van der Waals surface area contributed by atoms with E-state index >= 15 is 0 Å². The quantitative estimate of drug-likeness (QED) is 0.856. The monoisotopic (exact) mass is 239 g/mol. The summed E-state index contributed by atoms with van der Waals surface area (Å²) in [6.45, 7) is 6.50. The molecule has 0 heterocycles. The maximum Gasteiger partial charge on any atom is 0.251 e. The molecule has 3 nitrogen and oxygen atoms in total. The number of carbonyl (C=O) groups is 1. The van der Waals surface area contributed by atoms with Gasteiger partial charge in [0.1, 0.15) is 5.82 Å². The van der Waals surface area contributed by atoms with E-state index in [9.17, 15) is 9.18 Å². The van der Waals surface area contributed by atoms with Gasteiger partial charge < -0.3 is 10.1 Å². The van der Waals surface area contributed by atoms with Crippen LogP contribution in [-0.4, -0.2) is 25.2 Å². The third-order valence-corrected chi connectivity index (χ3v) is 2.37. The van der Waals surface area contributed by atoms with E-state index in [2.05, 4.69) is 5.32 Å². The first-order valence-corrected chi connectivity index (χ1v) is 5.69. The summed E-state index contributed by atoms with van der Waals surface area (Å²) < 4.78 is 18.2. The van der Waals surface area contributed by atoms with Gasteiger partial charge in [0.25, 0.3) is 5.91 Å². The molecule has 1 atom stereocenters. The standard InChI is InChI=1S/C13H18FNO2/c1-4-17-8-10(3)15-13(16)11-5-6-12(14)9(2)7-11/h5-7,10H,4,8H2,1-3H3,(H,15,16). The summed E-state index contributed by atoms with van der Waals surface area (Å²) in [5.74, 6) is -0.510. The fourth-order valence-corrected chi connectivity index (χ4v) is 1.43. The van der Waals surface area contributed by atoms with Gasteiger partial charge in [-0.05, 0) is 44.5 Å². The lowest BCUT2D eigenvalue weighted by Gasteiger charge is -2.13. The van der Waals surface area contributed by atoms with E-state index in [-0.39, 0.29) is 17.8 Å². The second-order valence-corrected chi connectivity index (χ2v) is 4.00. The van der Waals surface area contributed by atoms with Crippen LogP contribution in [0.15, 0.2) is 18.2 Å². The SMILES string of the molecule is CCOCC(C)NC(=O)c1ccc(F)c(C)c1. The van der Waals surface area contributed by atoms with Gasteiger partial charge >= 0.3 is 0 Å². The van der Waals surface area contributed by atoms with E-state index < -0.39 is 0 Å². The predicted molar refractivity (Wildman–Crippen MR) is 64.6 cm³/mol. The molecule has 0 bridgehead atoms. The maximum atomic E-state index is 13.0. The van der Waals surface area contributed by atoms with Crippen LogP contribution >= 0.6 is 0 Å². The molecule has 0 aromatic heterocycles. The fraction of sp³-hybridized carbons (Fsp3) is 0.462. The maximum absolute atomic E-state index is 13.0. The molecule has 1 aromatic rings. The number of halogens is 1. The van der Waals surface area contributed by atoms with Crippen LogP contribution in [0.1, 0.15) is 29.8 Å². The average molecular weight is 239 g/mol. The summed E-state index contributed by atoms with van der Waals surface area (Å²) in [7, 11) is 0. The highest BCUT2D eigenvalue weighted by molar-refractivity contribution is 5.94. The Balaban J connectivity index is 2.60. The Morgan fingerprint density at radius 1 is 1.53 bits per heavy atom. The summed E-state index contributed by atoms with van der Waals surface area (Å²) in [6.07, 6.45) is 0. The largest absolute Gasteiger partial charge is 0.380 e. The first-order valence-electron chi connectivity index (χ1n) is 5.69. The molecule has 1 unspecified atom stereocenters. The van der Waals surface area contributed by atoms with Crippen molar-refractivity contribution in [2.75, 3.05) is 13.2 Å². The van der Waals surface area contributed by atoms with Gasteiger partial charge in [0, 0.05) is 18.2 Å². The van der Waals surface area contributed by atoms with Gasteiger partial charge in [-0.3, -0.25) is 4.79 Å². The number of benzene rings is 1. The van der Waals surface area contributed by atoms with Crippen LogP contribution < -0.4 is 5.32 Å². The molecule has 94 valence electrons. The molecule has 1 N–H and O–H groups in total. The van der Waals surface area contributed by atoms with Gasteiger partial charge in [0.2, 0.25) is 0 Å². The molecule has 0 fully saturated rings. The summed E-state index contributed by atoms with van der Waals surface area (Å²) in [6, 6.07) is 4.26. The molecule has 17 heavy (non-hydrogen) atoms. The van der Waals surface area contributed by atoms with Gasteiger partial charge in [-0.25, -0.2) is 4.39 Å². The van der Waals surface area contributed by atoms with Gasteiger partial charge in [-0.1, -0.05) is 0 Å². The van der Waals surface area contributed by atoms with Crippen LogP contribution in [0.2, 0.25) is 0 Å². The van der Waals surface area contributed by atoms with Crippen molar-refractivity contribution in [3.63, 3.8) is 0 Å². The van der Waals surface area contributed by atoms with Crippen LogP contribution in [0.3, 0.4) is 0 Å². The van der Waals surface area contributed by atoms with Gasteiger partial charge in [-0.15, -0.1) is 0 Å². The van der Waals surface area contributed by atoms with Crippen molar-refractivity contribution in [2.24, 2.45) is 0 Å². The molecule has 0 spiro atoms. The third-order valence-electron chi connectivity index (χ3n) is 2.37. The summed E-state index contributed by atoms with van der Waals surface area (Å²) in [4.78, 5) is 11.8. The Kier molecular flexibility index (Phi) is 5.10. The van der Waals surface area contributed by atoms with E-state index in [0.717, 1.165) is 0 Å². The average Bonchev–Trinajstić information content (AvgIpc) is 2.30. The van der Waals surface area contributed by atoms with Gasteiger partial charge in [-0.2, -0.15) is 0 Å². The lowest BCUT2D eigenvalue weighted by Crippen LogP contribution is -2.35. The Morgan fingerprint density at radius 3 is 2.82 bits per heavy atom. The van der Waals surface area contributed by atoms with Crippen molar-refractivity contribution in [1.82, 2.24) is 5.32 Å². The Hall–Kier alpha value is -1.42. The topological polar surface area (TPSA) is 38.3 Å². The minimum atomic E-state index is -0.302. The van der Waals surface area contributed by atoms with Crippen LogP contribution in [0.5, 0.6) is 0 Å². The number of carbonyl (C=O) groups excluding carboxylic acids is 1. The van der Waals surface area contributed by atoms with E-state index in [1.165, 1.54) is 18.2 Å². The van der Waals surface area contributed by atoms with Crippen molar-refractivity contribution < 1.29 is 13.9 Å². The highest BCUT2D eigenvalue weighted by Gasteiger charge is 2.10. The predicted octanol–water partition coefficient (Wildman–Crippen LogP) is 2.29. The van der Waals surface area contributed by atoms with Crippen molar-refractivity contribution in [3.8, 4) is 0 Å². The smallest absolute Gasteiger partial charge is 0.251 e. The second-order valence-electron chi connectivity index (χ2n) is 4.00. The first-order chi connectivity index (χ1) is 8.04. The molecule has 0 aliphatic rings. The zero-order valence-corrected chi connectivity index (χ0v) is 10.4. The van der Waals surface area contributed by atoms with Crippen molar-refractivity contribution >= 4 is 5.91 Å². The molecule has 4 heteroatoms.